The molecule has 0 saturated heterocycles. The van der Waals surface area contributed by atoms with E-state index >= 15 is 0 Å². The fourth-order valence-electron chi connectivity index (χ4n) is 3.26. The molecule has 0 fully saturated rings. The van der Waals surface area contributed by atoms with Gasteiger partial charge in [-0.05, 0) is 64.9 Å². The number of nitrogens with two attached hydrogens (primary N) is 1. The van der Waals surface area contributed by atoms with Crippen LogP contribution in [0.4, 0.5) is 13.2 Å². The van der Waals surface area contributed by atoms with Gasteiger partial charge < -0.3 is 10.3 Å². The number of halogens is 4. The number of amides is 1. The highest BCUT2D eigenvalue weighted by Crippen LogP contribution is 2.35. The molecule has 2 N–H and O–H groups in total. The van der Waals surface area contributed by atoms with E-state index < -0.39 is 17.6 Å². The van der Waals surface area contributed by atoms with Crippen molar-refractivity contribution in [3.63, 3.8) is 0 Å². The van der Waals surface area contributed by atoms with Gasteiger partial charge in [-0.15, -0.1) is 0 Å². The van der Waals surface area contributed by atoms with Crippen molar-refractivity contribution in [3.8, 4) is 0 Å². The third-order valence-corrected chi connectivity index (χ3v) is 5.19. The first-order valence-electron chi connectivity index (χ1n) is 7.64. The Hall–Kier alpha value is -1.76. The van der Waals surface area contributed by atoms with Crippen LogP contribution in [0.3, 0.4) is 0 Å². The van der Waals surface area contributed by atoms with E-state index in [2.05, 4.69) is 15.9 Å². The van der Waals surface area contributed by atoms with Gasteiger partial charge in [0.15, 0.2) is 0 Å². The van der Waals surface area contributed by atoms with E-state index in [0.29, 0.717) is 15.7 Å². The summed E-state index contributed by atoms with van der Waals surface area (Å²) in [6.45, 7) is 0.191. The van der Waals surface area contributed by atoms with Gasteiger partial charge >= 0.3 is 6.18 Å². The minimum Gasteiger partial charge on any atom is -0.364 e. The van der Waals surface area contributed by atoms with Crippen LogP contribution < -0.4 is 5.73 Å². The molecule has 2 aromatic rings. The van der Waals surface area contributed by atoms with Crippen LogP contribution in [-0.2, 0) is 25.6 Å². The third kappa shape index (κ3) is 3.09. The Balaban J connectivity index is 2.06. The summed E-state index contributed by atoms with van der Waals surface area (Å²) in [6, 6.07) is 5.17. The van der Waals surface area contributed by atoms with Gasteiger partial charge in [-0.1, -0.05) is 12.1 Å². The second kappa shape index (κ2) is 6.27. The van der Waals surface area contributed by atoms with Gasteiger partial charge in [-0.25, -0.2) is 0 Å². The van der Waals surface area contributed by atoms with E-state index in [1.165, 1.54) is 6.07 Å². The zero-order chi connectivity index (χ0) is 17.5. The normalized spacial score (nSPS) is 14.5. The standard InChI is InChI=1S/C17H16BrF3N2O/c18-14-12-6-1-2-7-13(12)23(15(14)16(22)24)9-10-4-3-5-11(8-10)17(19,20)21/h3-5,8H,1-2,6-7,9H2,(H2,22,24). The summed E-state index contributed by atoms with van der Waals surface area (Å²) in [7, 11) is 0. The molecule has 128 valence electrons. The molecule has 1 amide bonds. The second-order valence-electron chi connectivity index (χ2n) is 5.94. The Bertz CT molecular complexity index is 796. The monoisotopic (exact) mass is 400 g/mol. The van der Waals surface area contributed by atoms with Gasteiger partial charge in [0.25, 0.3) is 5.91 Å². The molecular formula is C17H16BrF3N2O. The van der Waals surface area contributed by atoms with E-state index in [1.807, 2.05) is 0 Å². The Morgan fingerprint density at radius 1 is 1.25 bits per heavy atom. The number of nitrogens with zero attached hydrogens (tertiary/aromatic N) is 1. The number of hydrogen-bond acceptors (Lipinski definition) is 1. The molecule has 0 atom stereocenters. The Kier molecular flexibility index (Phi) is 4.46. The van der Waals surface area contributed by atoms with Crippen molar-refractivity contribution in [2.24, 2.45) is 5.73 Å². The summed E-state index contributed by atoms with van der Waals surface area (Å²) >= 11 is 3.45. The van der Waals surface area contributed by atoms with E-state index in [9.17, 15) is 18.0 Å². The number of alkyl halides is 3. The number of fused-ring (bicyclic) bond motifs is 1. The fourth-order valence-corrected chi connectivity index (χ4v) is 4.10. The van der Waals surface area contributed by atoms with Crippen LogP contribution in [0.5, 0.6) is 0 Å². The van der Waals surface area contributed by atoms with Crippen molar-refractivity contribution >= 4 is 21.8 Å². The molecule has 0 aliphatic heterocycles. The van der Waals surface area contributed by atoms with Crippen molar-refractivity contribution in [2.75, 3.05) is 0 Å². The number of carbonyl (C=O) groups excluding carboxylic acids is 1. The Labute approximate surface area is 145 Å². The lowest BCUT2D eigenvalue weighted by molar-refractivity contribution is -0.137. The van der Waals surface area contributed by atoms with Crippen LogP contribution in [0.2, 0.25) is 0 Å². The Morgan fingerprint density at radius 3 is 2.62 bits per heavy atom. The van der Waals surface area contributed by atoms with Gasteiger partial charge in [0.05, 0.1) is 10.0 Å². The van der Waals surface area contributed by atoms with Crippen LogP contribution in [-0.4, -0.2) is 10.5 Å². The quantitative estimate of drug-likeness (QED) is 0.820. The van der Waals surface area contributed by atoms with Crippen molar-refractivity contribution in [3.05, 3.63) is 56.8 Å². The predicted octanol–water partition coefficient (Wildman–Crippen LogP) is 4.30. The summed E-state index contributed by atoms with van der Waals surface area (Å²) < 4.78 is 41.1. The minimum atomic E-state index is -4.39. The lowest BCUT2D eigenvalue weighted by Gasteiger charge is -2.17. The van der Waals surface area contributed by atoms with E-state index in [0.717, 1.165) is 49.1 Å². The van der Waals surface area contributed by atoms with Gasteiger partial charge in [-0.3, -0.25) is 4.79 Å². The first-order chi connectivity index (χ1) is 11.3. The van der Waals surface area contributed by atoms with Crippen LogP contribution in [0.1, 0.15) is 45.7 Å². The molecule has 0 unspecified atom stereocenters. The molecule has 1 aliphatic rings. The van der Waals surface area contributed by atoms with E-state index in [4.69, 9.17) is 5.73 Å². The number of hydrogen-bond donors (Lipinski definition) is 1. The molecule has 1 aromatic carbocycles. The average Bonchev–Trinajstić information content (AvgIpc) is 2.80. The van der Waals surface area contributed by atoms with Crippen LogP contribution in [0.25, 0.3) is 0 Å². The lowest BCUT2D eigenvalue weighted by atomic mass is 9.98. The van der Waals surface area contributed by atoms with Gasteiger partial charge in [0.2, 0.25) is 0 Å². The van der Waals surface area contributed by atoms with Crippen LogP contribution in [0, 0.1) is 0 Å². The van der Waals surface area contributed by atoms with Crippen LogP contribution >= 0.6 is 15.9 Å². The highest BCUT2D eigenvalue weighted by Gasteiger charge is 2.31. The number of carbonyl (C=O) groups is 1. The SMILES string of the molecule is NC(=O)c1c(Br)c2c(n1Cc1cccc(C(F)(F)F)c1)CCCC2. The molecule has 0 saturated carbocycles. The second-order valence-corrected chi connectivity index (χ2v) is 6.74. The molecule has 0 radical (unpaired) electrons. The summed E-state index contributed by atoms with van der Waals surface area (Å²) in [5, 5.41) is 0. The first-order valence-corrected chi connectivity index (χ1v) is 8.44. The molecule has 24 heavy (non-hydrogen) atoms. The molecule has 7 heteroatoms. The average molecular weight is 401 g/mol. The topological polar surface area (TPSA) is 48.0 Å². The highest BCUT2D eigenvalue weighted by molar-refractivity contribution is 9.10. The van der Waals surface area contributed by atoms with Crippen molar-refractivity contribution in [2.45, 2.75) is 38.4 Å². The largest absolute Gasteiger partial charge is 0.416 e. The van der Waals surface area contributed by atoms with Gasteiger partial charge in [0, 0.05) is 12.2 Å². The van der Waals surface area contributed by atoms with Crippen molar-refractivity contribution < 1.29 is 18.0 Å². The highest BCUT2D eigenvalue weighted by atomic mass is 79.9. The van der Waals surface area contributed by atoms with Gasteiger partial charge in [0.1, 0.15) is 5.69 Å². The molecule has 1 aromatic heterocycles. The van der Waals surface area contributed by atoms with Crippen molar-refractivity contribution in [1.82, 2.24) is 4.57 Å². The number of rotatable bonds is 3. The number of primary amides is 1. The first kappa shape index (κ1) is 17.1. The molecular weight excluding hydrogens is 385 g/mol. The number of aromatic nitrogens is 1. The molecule has 0 spiro atoms. The summed E-state index contributed by atoms with van der Waals surface area (Å²) in [5.41, 5.74) is 7.67. The lowest BCUT2D eigenvalue weighted by Crippen LogP contribution is -2.19. The summed E-state index contributed by atoms with van der Waals surface area (Å²) in [6.07, 6.45) is -0.743. The van der Waals surface area contributed by atoms with Gasteiger partial charge in [-0.2, -0.15) is 13.2 Å². The van der Waals surface area contributed by atoms with E-state index in [-0.39, 0.29) is 6.54 Å². The molecule has 1 aliphatic carbocycles. The molecule has 1 heterocycles. The summed E-state index contributed by atoms with van der Waals surface area (Å²) in [5.74, 6) is -0.580. The number of benzene rings is 1. The molecule has 0 bridgehead atoms. The zero-order valence-corrected chi connectivity index (χ0v) is 14.4. The Morgan fingerprint density at radius 2 is 1.96 bits per heavy atom. The zero-order valence-electron chi connectivity index (χ0n) is 12.8. The van der Waals surface area contributed by atoms with Crippen LogP contribution in [0.15, 0.2) is 28.7 Å². The maximum absolute atomic E-state index is 12.9. The minimum absolute atomic E-state index is 0.191. The maximum Gasteiger partial charge on any atom is 0.416 e. The smallest absolute Gasteiger partial charge is 0.364 e. The van der Waals surface area contributed by atoms with E-state index in [1.54, 1.807) is 10.6 Å². The predicted molar refractivity (Wildman–Crippen MR) is 87.8 cm³/mol. The maximum atomic E-state index is 12.9. The molecule has 3 rings (SSSR count). The summed E-state index contributed by atoms with van der Waals surface area (Å²) in [4.78, 5) is 11.9. The molecule has 3 nitrogen and oxygen atoms in total. The third-order valence-electron chi connectivity index (χ3n) is 4.34. The fraction of sp³-hybridized carbons (Fsp3) is 0.353. The van der Waals surface area contributed by atoms with Crippen molar-refractivity contribution in [1.29, 1.82) is 0 Å².